The van der Waals surface area contributed by atoms with Crippen LogP contribution in [0.2, 0.25) is 0 Å². The fourth-order valence-electron chi connectivity index (χ4n) is 2.04. The van der Waals surface area contributed by atoms with Gasteiger partial charge in [-0.2, -0.15) is 0 Å². The number of aliphatic hydroxyl groups excluding tert-OH is 2. The molecule has 0 radical (unpaired) electrons. The van der Waals surface area contributed by atoms with E-state index >= 15 is 0 Å². The molecule has 0 unspecified atom stereocenters. The van der Waals surface area contributed by atoms with Crippen LogP contribution in [0, 0.1) is 0 Å². The molecule has 0 aromatic heterocycles. The third kappa shape index (κ3) is 1.00. The Bertz CT molecular complexity index is 191. The molecular formula is C8H13NO2. The second kappa shape index (κ2) is 2.59. The van der Waals surface area contributed by atoms with Gasteiger partial charge in [-0.25, -0.2) is 0 Å². The molecule has 62 valence electrons. The Morgan fingerprint density at radius 2 is 2.45 bits per heavy atom. The summed E-state index contributed by atoms with van der Waals surface area (Å²) in [6, 6.07) is 0.125. The minimum atomic E-state index is -0.254. The van der Waals surface area contributed by atoms with Crippen molar-refractivity contribution in [1.29, 1.82) is 0 Å². The average Bonchev–Trinajstić information content (AvgIpc) is 2.54. The van der Waals surface area contributed by atoms with E-state index < -0.39 is 0 Å². The zero-order valence-corrected chi connectivity index (χ0v) is 6.40. The van der Waals surface area contributed by atoms with Crippen LogP contribution in [0.15, 0.2) is 11.6 Å². The van der Waals surface area contributed by atoms with E-state index in [0.29, 0.717) is 0 Å². The van der Waals surface area contributed by atoms with Crippen LogP contribution in [0.25, 0.3) is 0 Å². The van der Waals surface area contributed by atoms with Crippen molar-refractivity contribution in [2.75, 3.05) is 19.7 Å². The van der Waals surface area contributed by atoms with Gasteiger partial charge in [0, 0.05) is 13.1 Å². The predicted octanol–water partition coefficient (Wildman–Crippen LogP) is -0.646. The highest BCUT2D eigenvalue weighted by Crippen LogP contribution is 2.28. The van der Waals surface area contributed by atoms with Crippen LogP contribution < -0.4 is 0 Å². The second-order valence-corrected chi connectivity index (χ2v) is 3.23. The minimum Gasteiger partial charge on any atom is -0.392 e. The first-order chi connectivity index (χ1) is 5.33. The van der Waals surface area contributed by atoms with Crippen LogP contribution in [-0.4, -0.2) is 47.0 Å². The van der Waals surface area contributed by atoms with E-state index in [0.717, 1.165) is 25.1 Å². The summed E-state index contributed by atoms with van der Waals surface area (Å²) in [5.74, 6) is 0. The standard InChI is InChI=1S/C8H13NO2/c10-5-6-1-3-9-4-2-7(11)8(6)9/h1,7-8,10-11H,2-5H2/t7-,8+/m0/s1. The Hall–Kier alpha value is -0.380. The van der Waals surface area contributed by atoms with E-state index in [-0.39, 0.29) is 18.8 Å². The first-order valence-electron chi connectivity index (χ1n) is 4.05. The van der Waals surface area contributed by atoms with Gasteiger partial charge in [0.2, 0.25) is 0 Å². The molecule has 0 aliphatic carbocycles. The highest BCUT2D eigenvalue weighted by Gasteiger charge is 2.37. The highest BCUT2D eigenvalue weighted by atomic mass is 16.3. The van der Waals surface area contributed by atoms with Crippen molar-refractivity contribution in [3.63, 3.8) is 0 Å². The van der Waals surface area contributed by atoms with Crippen LogP contribution in [-0.2, 0) is 0 Å². The van der Waals surface area contributed by atoms with Crippen molar-refractivity contribution in [1.82, 2.24) is 4.90 Å². The molecular weight excluding hydrogens is 142 g/mol. The number of hydrogen-bond acceptors (Lipinski definition) is 3. The van der Waals surface area contributed by atoms with Crippen LogP contribution in [0.1, 0.15) is 6.42 Å². The summed E-state index contributed by atoms with van der Waals surface area (Å²) < 4.78 is 0. The van der Waals surface area contributed by atoms with Gasteiger partial charge < -0.3 is 10.2 Å². The van der Waals surface area contributed by atoms with Gasteiger partial charge in [-0.3, -0.25) is 4.90 Å². The van der Waals surface area contributed by atoms with Gasteiger partial charge in [0.25, 0.3) is 0 Å². The van der Waals surface area contributed by atoms with E-state index in [1.165, 1.54) is 0 Å². The Kier molecular flexibility index (Phi) is 1.71. The SMILES string of the molecule is OCC1=CCN2CC[C@H](O)[C@@H]12. The summed E-state index contributed by atoms with van der Waals surface area (Å²) >= 11 is 0. The quantitative estimate of drug-likeness (QED) is 0.495. The summed E-state index contributed by atoms with van der Waals surface area (Å²) in [7, 11) is 0. The molecule has 2 aliphatic heterocycles. The molecule has 2 N–H and O–H groups in total. The van der Waals surface area contributed by atoms with Crippen molar-refractivity contribution in [2.45, 2.75) is 18.6 Å². The largest absolute Gasteiger partial charge is 0.392 e. The van der Waals surface area contributed by atoms with Crippen molar-refractivity contribution < 1.29 is 10.2 Å². The van der Waals surface area contributed by atoms with Crippen molar-refractivity contribution >= 4 is 0 Å². The van der Waals surface area contributed by atoms with Crippen molar-refractivity contribution in [3.8, 4) is 0 Å². The van der Waals surface area contributed by atoms with Crippen LogP contribution in [0.5, 0.6) is 0 Å². The Morgan fingerprint density at radius 1 is 1.64 bits per heavy atom. The first kappa shape index (κ1) is 7.28. The molecule has 2 atom stereocenters. The molecule has 0 bridgehead atoms. The molecule has 3 heteroatoms. The van der Waals surface area contributed by atoms with Crippen molar-refractivity contribution in [2.24, 2.45) is 0 Å². The van der Waals surface area contributed by atoms with Gasteiger partial charge in [-0.05, 0) is 12.0 Å². The Labute approximate surface area is 65.9 Å². The van der Waals surface area contributed by atoms with E-state index in [9.17, 15) is 5.11 Å². The van der Waals surface area contributed by atoms with Crippen molar-refractivity contribution in [3.05, 3.63) is 11.6 Å². The fraction of sp³-hybridized carbons (Fsp3) is 0.750. The maximum atomic E-state index is 9.51. The predicted molar refractivity (Wildman–Crippen MR) is 41.2 cm³/mol. The molecule has 0 spiro atoms. The van der Waals surface area contributed by atoms with Crippen LogP contribution in [0.4, 0.5) is 0 Å². The maximum absolute atomic E-state index is 9.51. The summed E-state index contributed by atoms with van der Waals surface area (Å²) in [6.45, 7) is 1.96. The number of nitrogens with zero attached hydrogens (tertiary/aromatic N) is 1. The molecule has 2 rings (SSSR count). The lowest BCUT2D eigenvalue weighted by molar-refractivity contribution is 0.140. The third-order valence-corrected chi connectivity index (χ3v) is 2.62. The summed E-state index contributed by atoms with van der Waals surface area (Å²) in [4.78, 5) is 2.20. The second-order valence-electron chi connectivity index (χ2n) is 3.23. The topological polar surface area (TPSA) is 43.7 Å². The molecule has 1 fully saturated rings. The summed E-state index contributed by atoms with van der Waals surface area (Å²) in [5, 5.41) is 18.4. The van der Waals surface area contributed by atoms with Gasteiger partial charge >= 0.3 is 0 Å². The van der Waals surface area contributed by atoms with Gasteiger partial charge in [-0.1, -0.05) is 6.08 Å². The van der Waals surface area contributed by atoms with Gasteiger partial charge in [-0.15, -0.1) is 0 Å². The first-order valence-corrected chi connectivity index (χ1v) is 4.05. The average molecular weight is 155 g/mol. The zero-order chi connectivity index (χ0) is 7.84. The molecule has 11 heavy (non-hydrogen) atoms. The van der Waals surface area contributed by atoms with E-state index in [4.69, 9.17) is 5.11 Å². The van der Waals surface area contributed by atoms with Gasteiger partial charge in [0.05, 0.1) is 18.8 Å². The monoisotopic (exact) mass is 155 g/mol. The zero-order valence-electron chi connectivity index (χ0n) is 6.40. The molecule has 0 saturated carbocycles. The third-order valence-electron chi connectivity index (χ3n) is 2.62. The van der Waals surface area contributed by atoms with E-state index in [1.54, 1.807) is 0 Å². The molecule has 0 aromatic rings. The normalized spacial score (nSPS) is 37.5. The molecule has 0 amide bonds. The number of rotatable bonds is 1. The summed E-state index contributed by atoms with van der Waals surface area (Å²) in [6.07, 6.45) is 2.62. The molecule has 0 aromatic carbocycles. The van der Waals surface area contributed by atoms with Crippen LogP contribution in [0.3, 0.4) is 0 Å². The number of hydrogen-bond donors (Lipinski definition) is 2. The Balaban J connectivity index is 2.15. The fourth-order valence-corrected chi connectivity index (χ4v) is 2.04. The summed E-state index contributed by atoms with van der Waals surface area (Å²) in [5.41, 5.74) is 0.995. The van der Waals surface area contributed by atoms with Gasteiger partial charge in [0.1, 0.15) is 0 Å². The Morgan fingerprint density at radius 3 is 3.18 bits per heavy atom. The number of fused-ring (bicyclic) bond motifs is 1. The maximum Gasteiger partial charge on any atom is 0.0746 e. The van der Waals surface area contributed by atoms with Crippen LogP contribution >= 0.6 is 0 Å². The lowest BCUT2D eigenvalue weighted by Gasteiger charge is -2.19. The van der Waals surface area contributed by atoms with E-state index in [1.807, 2.05) is 6.08 Å². The molecule has 3 nitrogen and oxygen atoms in total. The van der Waals surface area contributed by atoms with E-state index in [2.05, 4.69) is 4.90 Å². The molecule has 2 aliphatic rings. The van der Waals surface area contributed by atoms with Gasteiger partial charge in [0.15, 0.2) is 0 Å². The minimum absolute atomic E-state index is 0.0955. The highest BCUT2D eigenvalue weighted by molar-refractivity contribution is 5.22. The number of aliphatic hydroxyl groups is 2. The lowest BCUT2D eigenvalue weighted by Crippen LogP contribution is -2.32. The molecule has 1 saturated heterocycles. The smallest absolute Gasteiger partial charge is 0.0746 e. The molecule has 2 heterocycles. The lowest BCUT2D eigenvalue weighted by atomic mass is 10.1.